The number of hydrogen-bond donors (Lipinski definition) is 1. The van der Waals surface area contributed by atoms with E-state index in [1.807, 2.05) is 18.2 Å². The van der Waals surface area contributed by atoms with Crippen molar-refractivity contribution in [2.75, 3.05) is 5.32 Å². The fourth-order valence-corrected chi connectivity index (χ4v) is 3.43. The lowest BCUT2D eigenvalue weighted by molar-refractivity contribution is -0.116. The van der Waals surface area contributed by atoms with E-state index in [0.717, 1.165) is 16.9 Å². The van der Waals surface area contributed by atoms with E-state index >= 15 is 0 Å². The van der Waals surface area contributed by atoms with Crippen LogP contribution in [0.1, 0.15) is 25.3 Å². The van der Waals surface area contributed by atoms with Crippen LogP contribution < -0.4 is 10.7 Å². The lowest BCUT2D eigenvalue weighted by Crippen LogP contribution is -2.17. The summed E-state index contributed by atoms with van der Waals surface area (Å²) in [6.07, 6.45) is 2.36. The minimum atomic E-state index is -0.156. The van der Waals surface area contributed by atoms with Crippen molar-refractivity contribution in [3.63, 3.8) is 0 Å². The number of carbonyl (C=O) groups is 1. The normalized spacial score (nSPS) is 11.2. The molecule has 0 bridgehead atoms. The third-order valence-electron chi connectivity index (χ3n) is 3.61. The highest BCUT2D eigenvalue weighted by Crippen LogP contribution is 2.18. The summed E-state index contributed by atoms with van der Waals surface area (Å²) in [6.45, 7) is 4.60. The molecule has 0 saturated carbocycles. The lowest BCUT2D eigenvalue weighted by atomic mass is 10.1. The maximum absolute atomic E-state index is 12.1. The number of para-hydroxylation sites is 1. The molecule has 0 saturated heterocycles. The summed E-state index contributed by atoms with van der Waals surface area (Å²) < 4.78 is 1.67. The summed E-state index contributed by atoms with van der Waals surface area (Å²) in [6, 6.07) is 7.24. The number of aromatic nitrogens is 4. The molecule has 0 aliphatic rings. The molecule has 130 valence electrons. The molecule has 0 fully saturated rings. The zero-order valence-electron chi connectivity index (χ0n) is 14.1. The van der Waals surface area contributed by atoms with Gasteiger partial charge in [0.1, 0.15) is 5.01 Å². The molecular weight excluding hydrogens is 338 g/mol. The van der Waals surface area contributed by atoms with Gasteiger partial charge in [-0.05, 0) is 18.1 Å². The number of benzene rings is 1. The number of carbonyl (C=O) groups excluding carboxylic acids is 1. The molecule has 25 heavy (non-hydrogen) atoms. The zero-order chi connectivity index (χ0) is 17.8. The van der Waals surface area contributed by atoms with Gasteiger partial charge in [0.2, 0.25) is 16.5 Å². The van der Waals surface area contributed by atoms with E-state index < -0.39 is 0 Å². The predicted molar refractivity (Wildman–Crippen MR) is 97.7 cm³/mol. The number of nitrogens with one attached hydrogen (secondary N) is 1. The van der Waals surface area contributed by atoms with E-state index in [-0.39, 0.29) is 17.8 Å². The van der Waals surface area contributed by atoms with Crippen molar-refractivity contribution >= 4 is 33.3 Å². The van der Waals surface area contributed by atoms with Crippen molar-refractivity contribution in [1.82, 2.24) is 20.0 Å². The number of amides is 1. The Morgan fingerprint density at radius 3 is 2.88 bits per heavy atom. The first kappa shape index (κ1) is 17.2. The summed E-state index contributed by atoms with van der Waals surface area (Å²) in [7, 11) is 0. The third kappa shape index (κ3) is 4.27. The van der Waals surface area contributed by atoms with Gasteiger partial charge in [0, 0.05) is 18.2 Å². The number of fused-ring (bicyclic) bond motifs is 1. The topological polar surface area (TPSA) is 89.8 Å². The molecule has 0 unspecified atom stereocenters. The molecular formula is C17H19N5O2S. The second-order valence-corrected chi connectivity index (χ2v) is 7.21. The lowest BCUT2D eigenvalue weighted by Gasteiger charge is -2.08. The molecule has 3 rings (SSSR count). The van der Waals surface area contributed by atoms with Crippen LogP contribution in [0.4, 0.5) is 5.13 Å². The van der Waals surface area contributed by atoms with Crippen LogP contribution in [-0.2, 0) is 17.8 Å². The monoisotopic (exact) mass is 357 g/mol. The molecule has 1 N–H and O–H groups in total. The second-order valence-electron chi connectivity index (χ2n) is 6.15. The Balaban J connectivity index is 1.64. The van der Waals surface area contributed by atoms with Crippen molar-refractivity contribution in [2.24, 2.45) is 5.92 Å². The smallest absolute Gasteiger partial charge is 0.228 e. The molecule has 2 aromatic heterocycles. The number of hydrogen-bond acceptors (Lipinski definition) is 6. The second kappa shape index (κ2) is 7.52. The van der Waals surface area contributed by atoms with Gasteiger partial charge < -0.3 is 5.32 Å². The SMILES string of the molecule is CC(C)Cc1nnc(NC(=O)CCn2ncc(=O)c3ccccc32)s1. The molecule has 7 nitrogen and oxygen atoms in total. The van der Waals surface area contributed by atoms with Crippen LogP contribution in [0.15, 0.2) is 35.3 Å². The number of rotatable bonds is 6. The van der Waals surface area contributed by atoms with Crippen LogP contribution in [0, 0.1) is 5.92 Å². The van der Waals surface area contributed by atoms with Crippen molar-refractivity contribution in [2.45, 2.75) is 33.2 Å². The van der Waals surface area contributed by atoms with Gasteiger partial charge in [-0.2, -0.15) is 5.10 Å². The largest absolute Gasteiger partial charge is 0.300 e. The predicted octanol–water partition coefficient (Wildman–Crippen LogP) is 2.48. The van der Waals surface area contributed by atoms with Gasteiger partial charge in [0.05, 0.1) is 18.3 Å². The van der Waals surface area contributed by atoms with E-state index in [0.29, 0.717) is 23.0 Å². The Morgan fingerprint density at radius 2 is 2.08 bits per heavy atom. The summed E-state index contributed by atoms with van der Waals surface area (Å²) >= 11 is 1.40. The van der Waals surface area contributed by atoms with Crippen LogP contribution in [0.25, 0.3) is 10.9 Å². The molecule has 0 spiro atoms. The molecule has 8 heteroatoms. The minimum absolute atomic E-state index is 0.122. The first-order valence-electron chi connectivity index (χ1n) is 8.10. The molecule has 0 atom stereocenters. The van der Waals surface area contributed by atoms with Gasteiger partial charge in [-0.1, -0.05) is 37.3 Å². The maximum atomic E-state index is 12.1. The molecule has 1 amide bonds. The van der Waals surface area contributed by atoms with Gasteiger partial charge in [0.15, 0.2) is 0 Å². The van der Waals surface area contributed by atoms with Crippen LogP contribution in [0.5, 0.6) is 0 Å². The summed E-state index contributed by atoms with van der Waals surface area (Å²) in [5, 5.41) is 17.0. The molecule has 0 aliphatic heterocycles. The van der Waals surface area contributed by atoms with Gasteiger partial charge in [-0.15, -0.1) is 10.2 Å². The highest BCUT2D eigenvalue weighted by molar-refractivity contribution is 7.15. The van der Waals surface area contributed by atoms with Crippen molar-refractivity contribution in [3.8, 4) is 0 Å². The van der Waals surface area contributed by atoms with Crippen LogP contribution in [0.3, 0.4) is 0 Å². The van der Waals surface area contributed by atoms with E-state index in [1.54, 1.807) is 10.7 Å². The number of anilines is 1. The van der Waals surface area contributed by atoms with Gasteiger partial charge in [-0.3, -0.25) is 14.3 Å². The first-order valence-corrected chi connectivity index (χ1v) is 8.91. The molecule has 2 heterocycles. The quantitative estimate of drug-likeness (QED) is 0.732. The number of nitrogens with zero attached hydrogens (tertiary/aromatic N) is 4. The highest BCUT2D eigenvalue weighted by Gasteiger charge is 2.10. The average Bonchev–Trinajstić information content (AvgIpc) is 3.00. The fraction of sp³-hybridized carbons (Fsp3) is 0.353. The van der Waals surface area contributed by atoms with Crippen molar-refractivity contribution < 1.29 is 4.79 Å². The fourth-order valence-electron chi connectivity index (χ4n) is 2.46. The van der Waals surface area contributed by atoms with E-state index in [2.05, 4.69) is 34.5 Å². The molecule has 0 radical (unpaired) electrons. The van der Waals surface area contributed by atoms with Gasteiger partial charge in [0.25, 0.3) is 0 Å². The standard InChI is InChI=1S/C17H19N5O2S/c1-11(2)9-16-20-21-17(25-16)19-15(24)7-8-22-13-6-4-3-5-12(13)14(23)10-18-22/h3-6,10-11H,7-9H2,1-2H3,(H,19,21,24). The molecule has 0 aliphatic carbocycles. The van der Waals surface area contributed by atoms with Crippen LogP contribution >= 0.6 is 11.3 Å². The highest BCUT2D eigenvalue weighted by atomic mass is 32.1. The Kier molecular flexibility index (Phi) is 5.18. The van der Waals surface area contributed by atoms with Crippen LogP contribution in [-0.4, -0.2) is 25.9 Å². The molecule has 3 aromatic rings. The third-order valence-corrected chi connectivity index (χ3v) is 4.47. The Hall–Kier alpha value is -2.61. The van der Waals surface area contributed by atoms with Crippen molar-refractivity contribution in [1.29, 1.82) is 0 Å². The summed E-state index contributed by atoms with van der Waals surface area (Å²) in [5.74, 6) is 0.341. The summed E-state index contributed by atoms with van der Waals surface area (Å²) in [4.78, 5) is 24.0. The minimum Gasteiger partial charge on any atom is -0.300 e. The zero-order valence-corrected chi connectivity index (χ0v) is 14.9. The average molecular weight is 357 g/mol. The van der Waals surface area contributed by atoms with Gasteiger partial charge >= 0.3 is 0 Å². The summed E-state index contributed by atoms with van der Waals surface area (Å²) in [5.41, 5.74) is 0.598. The van der Waals surface area contributed by atoms with E-state index in [9.17, 15) is 9.59 Å². The Bertz CT molecular complexity index is 947. The molecule has 1 aromatic carbocycles. The van der Waals surface area contributed by atoms with E-state index in [4.69, 9.17) is 0 Å². The van der Waals surface area contributed by atoms with E-state index in [1.165, 1.54) is 17.5 Å². The van der Waals surface area contributed by atoms with Crippen LogP contribution in [0.2, 0.25) is 0 Å². The maximum Gasteiger partial charge on any atom is 0.228 e. The first-order chi connectivity index (χ1) is 12.0. The Labute approximate surface area is 148 Å². The Morgan fingerprint density at radius 1 is 1.28 bits per heavy atom. The number of aryl methyl sites for hydroxylation is 1. The van der Waals surface area contributed by atoms with Gasteiger partial charge in [-0.25, -0.2) is 0 Å². The van der Waals surface area contributed by atoms with Crippen molar-refractivity contribution in [3.05, 3.63) is 45.7 Å².